The van der Waals surface area contributed by atoms with Crippen molar-refractivity contribution in [2.45, 2.75) is 33.9 Å². The third kappa shape index (κ3) is 4.73. The van der Waals surface area contributed by atoms with E-state index < -0.39 is 0 Å². The third-order valence-corrected chi connectivity index (χ3v) is 4.05. The van der Waals surface area contributed by atoms with E-state index in [9.17, 15) is 0 Å². The highest BCUT2D eigenvalue weighted by atomic mass is 16.5. The van der Waals surface area contributed by atoms with Crippen LogP contribution in [0.1, 0.15) is 27.8 Å². The van der Waals surface area contributed by atoms with Gasteiger partial charge >= 0.3 is 0 Å². The fourth-order valence-electron chi connectivity index (χ4n) is 2.92. The number of rotatable bonds is 8. The first kappa shape index (κ1) is 18.3. The van der Waals surface area contributed by atoms with Gasteiger partial charge in [0.2, 0.25) is 0 Å². The van der Waals surface area contributed by atoms with E-state index in [2.05, 4.69) is 38.2 Å². The van der Waals surface area contributed by atoms with Gasteiger partial charge in [-0.15, -0.1) is 0 Å². The van der Waals surface area contributed by atoms with Gasteiger partial charge in [-0.1, -0.05) is 23.8 Å². The Balaban J connectivity index is 2.00. The highest BCUT2D eigenvalue weighted by molar-refractivity contribution is 5.43. The van der Waals surface area contributed by atoms with Crippen molar-refractivity contribution in [3.8, 4) is 11.5 Å². The Morgan fingerprint density at radius 1 is 0.958 bits per heavy atom. The van der Waals surface area contributed by atoms with Crippen LogP contribution < -0.4 is 14.8 Å². The lowest BCUT2D eigenvalue weighted by Gasteiger charge is -2.14. The highest BCUT2D eigenvalue weighted by Gasteiger charge is 2.07. The van der Waals surface area contributed by atoms with Crippen LogP contribution in [-0.4, -0.2) is 25.4 Å². The number of hydrogen-bond acceptors (Lipinski definition) is 4. The van der Waals surface area contributed by atoms with Crippen LogP contribution in [0, 0.1) is 20.8 Å². The van der Waals surface area contributed by atoms with Gasteiger partial charge in [-0.3, -0.25) is 0 Å². The van der Waals surface area contributed by atoms with Crippen molar-refractivity contribution < 1.29 is 14.6 Å². The van der Waals surface area contributed by atoms with Crippen LogP contribution in [0.15, 0.2) is 30.3 Å². The number of aliphatic hydroxyl groups excluding tert-OH is 1. The molecule has 0 radical (unpaired) electrons. The predicted molar refractivity (Wildman–Crippen MR) is 96.8 cm³/mol. The summed E-state index contributed by atoms with van der Waals surface area (Å²) in [7, 11) is 1.62. The van der Waals surface area contributed by atoms with Crippen LogP contribution in [0.25, 0.3) is 0 Å². The molecule has 2 aromatic rings. The third-order valence-electron chi connectivity index (χ3n) is 4.05. The van der Waals surface area contributed by atoms with E-state index in [0.717, 1.165) is 18.7 Å². The monoisotopic (exact) mass is 329 g/mol. The van der Waals surface area contributed by atoms with E-state index in [4.69, 9.17) is 14.6 Å². The van der Waals surface area contributed by atoms with Gasteiger partial charge in [-0.25, -0.2) is 0 Å². The zero-order valence-corrected chi connectivity index (χ0v) is 15.0. The van der Waals surface area contributed by atoms with E-state index in [0.29, 0.717) is 11.5 Å². The average molecular weight is 329 g/mol. The lowest BCUT2D eigenvalue weighted by atomic mass is 10.00. The Bertz CT molecular complexity index is 660. The van der Waals surface area contributed by atoms with Crippen molar-refractivity contribution in [2.75, 3.05) is 20.3 Å². The minimum Gasteiger partial charge on any atom is -0.493 e. The fourth-order valence-corrected chi connectivity index (χ4v) is 2.92. The summed E-state index contributed by atoms with van der Waals surface area (Å²) in [4.78, 5) is 0. The molecule has 0 saturated heterocycles. The van der Waals surface area contributed by atoms with E-state index >= 15 is 0 Å². The summed E-state index contributed by atoms with van der Waals surface area (Å²) in [6.45, 7) is 8.29. The second-order valence-corrected chi connectivity index (χ2v) is 6.04. The Morgan fingerprint density at radius 2 is 1.67 bits per heavy atom. The van der Waals surface area contributed by atoms with Crippen molar-refractivity contribution in [2.24, 2.45) is 0 Å². The molecule has 0 aliphatic rings. The molecule has 0 heterocycles. The Kier molecular flexibility index (Phi) is 6.64. The van der Waals surface area contributed by atoms with Crippen LogP contribution in [0.2, 0.25) is 0 Å². The quantitative estimate of drug-likeness (QED) is 0.780. The zero-order chi connectivity index (χ0) is 17.5. The summed E-state index contributed by atoms with van der Waals surface area (Å²) in [5, 5.41) is 12.4. The molecule has 0 aliphatic carbocycles. The van der Waals surface area contributed by atoms with Gasteiger partial charge < -0.3 is 19.9 Å². The van der Waals surface area contributed by atoms with Crippen molar-refractivity contribution >= 4 is 0 Å². The SMILES string of the molecule is COc1cc(CNCc2c(C)cc(C)cc2C)ccc1OCCO. The van der Waals surface area contributed by atoms with Crippen LogP contribution >= 0.6 is 0 Å². The maximum Gasteiger partial charge on any atom is 0.161 e. The summed E-state index contributed by atoms with van der Waals surface area (Å²) in [5.41, 5.74) is 6.44. The molecule has 0 saturated carbocycles. The number of aryl methyl sites for hydroxylation is 3. The molecule has 4 heteroatoms. The molecule has 0 atom stereocenters. The molecule has 0 spiro atoms. The maximum absolute atomic E-state index is 8.86. The van der Waals surface area contributed by atoms with Gasteiger partial charge in [-0.2, -0.15) is 0 Å². The Labute approximate surface area is 144 Å². The molecular formula is C20H27NO3. The van der Waals surface area contributed by atoms with E-state index in [1.165, 1.54) is 22.3 Å². The van der Waals surface area contributed by atoms with Crippen molar-refractivity contribution in [3.63, 3.8) is 0 Å². The molecule has 4 nitrogen and oxygen atoms in total. The van der Waals surface area contributed by atoms with Gasteiger partial charge in [0.15, 0.2) is 11.5 Å². The Hall–Kier alpha value is -2.04. The molecule has 0 unspecified atom stereocenters. The number of hydrogen-bond donors (Lipinski definition) is 2. The average Bonchev–Trinajstić information content (AvgIpc) is 2.55. The molecule has 24 heavy (non-hydrogen) atoms. The predicted octanol–water partition coefficient (Wildman–Crippen LogP) is 3.28. The second-order valence-electron chi connectivity index (χ2n) is 6.04. The van der Waals surface area contributed by atoms with Crippen molar-refractivity contribution in [3.05, 3.63) is 58.1 Å². The zero-order valence-electron chi connectivity index (χ0n) is 15.0. The summed E-state index contributed by atoms with van der Waals surface area (Å²) in [5.74, 6) is 1.34. The summed E-state index contributed by atoms with van der Waals surface area (Å²) in [6, 6.07) is 10.3. The van der Waals surface area contributed by atoms with Gasteiger partial charge in [0.25, 0.3) is 0 Å². The molecule has 0 fully saturated rings. The number of aliphatic hydroxyl groups is 1. The highest BCUT2D eigenvalue weighted by Crippen LogP contribution is 2.28. The van der Waals surface area contributed by atoms with Crippen LogP contribution in [0.3, 0.4) is 0 Å². The molecule has 2 N–H and O–H groups in total. The van der Waals surface area contributed by atoms with E-state index in [-0.39, 0.29) is 13.2 Å². The minimum absolute atomic E-state index is 0.0122. The molecule has 2 rings (SSSR count). The van der Waals surface area contributed by atoms with Crippen molar-refractivity contribution in [1.82, 2.24) is 5.32 Å². The van der Waals surface area contributed by atoms with E-state index in [1.807, 2.05) is 18.2 Å². The standard InChI is InChI=1S/C20H27NO3/c1-14-9-15(2)18(16(3)10-14)13-21-12-17-5-6-19(24-8-7-22)20(11-17)23-4/h5-6,9-11,21-22H,7-8,12-13H2,1-4H3. The molecular weight excluding hydrogens is 302 g/mol. The van der Waals surface area contributed by atoms with Crippen LogP contribution in [0.4, 0.5) is 0 Å². The first-order valence-electron chi connectivity index (χ1n) is 8.23. The molecule has 0 aliphatic heterocycles. The summed E-state index contributed by atoms with van der Waals surface area (Å²) < 4.78 is 10.8. The van der Waals surface area contributed by atoms with Crippen molar-refractivity contribution in [1.29, 1.82) is 0 Å². The van der Waals surface area contributed by atoms with Crippen LogP contribution in [0.5, 0.6) is 11.5 Å². The summed E-state index contributed by atoms with van der Waals surface area (Å²) in [6.07, 6.45) is 0. The number of benzene rings is 2. The lowest BCUT2D eigenvalue weighted by Crippen LogP contribution is -2.15. The molecule has 0 aromatic heterocycles. The number of ether oxygens (including phenoxy) is 2. The first-order valence-corrected chi connectivity index (χ1v) is 8.23. The molecule has 2 aromatic carbocycles. The van der Waals surface area contributed by atoms with Crippen LogP contribution in [-0.2, 0) is 13.1 Å². The maximum atomic E-state index is 8.86. The van der Waals surface area contributed by atoms with Gasteiger partial charge in [-0.05, 0) is 55.2 Å². The second kappa shape index (κ2) is 8.71. The summed E-state index contributed by atoms with van der Waals surface area (Å²) >= 11 is 0. The molecule has 0 amide bonds. The minimum atomic E-state index is -0.0122. The Morgan fingerprint density at radius 3 is 2.29 bits per heavy atom. The lowest BCUT2D eigenvalue weighted by molar-refractivity contribution is 0.196. The first-order chi connectivity index (χ1) is 11.5. The largest absolute Gasteiger partial charge is 0.493 e. The van der Waals surface area contributed by atoms with Gasteiger partial charge in [0, 0.05) is 13.1 Å². The van der Waals surface area contributed by atoms with E-state index in [1.54, 1.807) is 7.11 Å². The molecule has 0 bridgehead atoms. The topological polar surface area (TPSA) is 50.7 Å². The normalized spacial score (nSPS) is 10.7. The van der Waals surface area contributed by atoms with Gasteiger partial charge in [0.05, 0.1) is 13.7 Å². The fraction of sp³-hybridized carbons (Fsp3) is 0.400. The smallest absolute Gasteiger partial charge is 0.161 e. The number of nitrogens with one attached hydrogen (secondary N) is 1. The molecule has 130 valence electrons. The van der Waals surface area contributed by atoms with Gasteiger partial charge in [0.1, 0.15) is 6.61 Å². The number of methoxy groups -OCH3 is 1.